The van der Waals surface area contributed by atoms with E-state index in [1.54, 1.807) is 0 Å². The van der Waals surface area contributed by atoms with Crippen LogP contribution in [0.25, 0.3) is 0 Å². The number of rotatable bonds is 14. The van der Waals surface area contributed by atoms with E-state index in [0.717, 1.165) is 51.4 Å². The van der Waals surface area contributed by atoms with E-state index in [-0.39, 0.29) is 12.2 Å². The Balaban J connectivity index is 3.53. The molecule has 1 atom stereocenters. The van der Waals surface area contributed by atoms with Gasteiger partial charge in [-0.3, -0.25) is 4.79 Å². The average molecular weight is 286 g/mol. The Morgan fingerprint density at radius 3 is 1.90 bits per heavy atom. The Kier molecular flexibility index (Phi) is 13.1. The van der Waals surface area contributed by atoms with Crippen molar-refractivity contribution in [2.45, 2.75) is 89.8 Å². The van der Waals surface area contributed by atoms with Crippen molar-refractivity contribution in [3.8, 4) is 0 Å². The molecule has 20 heavy (non-hydrogen) atoms. The van der Waals surface area contributed by atoms with Crippen molar-refractivity contribution in [1.82, 2.24) is 0 Å². The smallest absolute Gasteiger partial charge is 0.454 e. The summed E-state index contributed by atoms with van der Waals surface area (Å²) in [5.74, 6) is -0.716. The number of hydrogen-bond acceptors (Lipinski definition) is 3. The van der Waals surface area contributed by atoms with Gasteiger partial charge in [-0.25, -0.2) is 0 Å². The van der Waals surface area contributed by atoms with Crippen LogP contribution in [0.3, 0.4) is 0 Å². The van der Waals surface area contributed by atoms with Crippen LogP contribution >= 0.6 is 0 Å². The lowest BCUT2D eigenvalue weighted by Gasteiger charge is -2.15. The molecule has 0 aliphatic carbocycles. The molecule has 0 heterocycles. The van der Waals surface area contributed by atoms with Crippen molar-refractivity contribution in [2.24, 2.45) is 0 Å². The second-order valence-electron chi connectivity index (χ2n) is 5.72. The predicted molar refractivity (Wildman–Crippen MR) is 82.7 cm³/mol. The monoisotopic (exact) mass is 286 g/mol. The Bertz CT molecular complexity index is 234. The van der Waals surface area contributed by atoms with E-state index < -0.39 is 13.1 Å². The zero-order chi connectivity index (χ0) is 15.2. The maximum atomic E-state index is 10.3. The lowest BCUT2D eigenvalue weighted by Crippen LogP contribution is -2.20. The normalized spacial score (nSPS) is 12.3. The fourth-order valence-electron chi connectivity index (χ4n) is 2.49. The highest BCUT2D eigenvalue weighted by Crippen LogP contribution is 2.24. The number of unbranched alkanes of at least 4 members (excludes halogenated alkanes) is 7. The summed E-state index contributed by atoms with van der Waals surface area (Å²) in [5.41, 5.74) is 0. The van der Waals surface area contributed by atoms with E-state index in [2.05, 4.69) is 6.92 Å². The van der Waals surface area contributed by atoms with Gasteiger partial charge in [-0.05, 0) is 12.2 Å². The molecule has 0 spiro atoms. The van der Waals surface area contributed by atoms with E-state index in [0.29, 0.717) is 0 Å². The molecule has 3 N–H and O–H groups in total. The Morgan fingerprint density at radius 1 is 0.900 bits per heavy atom. The first-order chi connectivity index (χ1) is 9.57. The summed E-state index contributed by atoms with van der Waals surface area (Å²) in [4.78, 5) is 10.3. The summed E-state index contributed by atoms with van der Waals surface area (Å²) in [5, 5.41) is 27.2. The third-order valence-corrected chi connectivity index (χ3v) is 3.82. The van der Waals surface area contributed by atoms with Gasteiger partial charge < -0.3 is 15.2 Å². The minimum absolute atomic E-state index is 0.00544. The van der Waals surface area contributed by atoms with Crippen LogP contribution < -0.4 is 0 Å². The number of carbonyl (C=O) groups is 1. The molecular weight excluding hydrogens is 255 g/mol. The van der Waals surface area contributed by atoms with E-state index in [1.165, 1.54) is 19.3 Å². The molecule has 0 aromatic rings. The first-order valence-electron chi connectivity index (χ1n) is 8.15. The SMILES string of the molecule is CCCCCCC(CCCCCCCC(=O)O)B(O)O. The van der Waals surface area contributed by atoms with Crippen molar-refractivity contribution in [3.05, 3.63) is 0 Å². The molecule has 0 bridgehead atoms. The Labute approximate surface area is 123 Å². The molecule has 0 saturated carbocycles. The van der Waals surface area contributed by atoms with Crippen molar-refractivity contribution in [1.29, 1.82) is 0 Å². The zero-order valence-corrected chi connectivity index (χ0v) is 12.9. The van der Waals surface area contributed by atoms with E-state index in [4.69, 9.17) is 5.11 Å². The van der Waals surface area contributed by atoms with Crippen LogP contribution in [0.15, 0.2) is 0 Å². The number of carboxylic acids is 1. The average Bonchev–Trinajstić information content (AvgIpc) is 2.39. The van der Waals surface area contributed by atoms with Gasteiger partial charge in [-0.2, -0.15) is 0 Å². The van der Waals surface area contributed by atoms with Crippen LogP contribution in [0.2, 0.25) is 5.82 Å². The Morgan fingerprint density at radius 2 is 1.40 bits per heavy atom. The topological polar surface area (TPSA) is 77.8 Å². The molecule has 0 aliphatic rings. The zero-order valence-electron chi connectivity index (χ0n) is 12.9. The molecule has 5 heteroatoms. The van der Waals surface area contributed by atoms with Crippen LogP contribution in [-0.4, -0.2) is 28.2 Å². The van der Waals surface area contributed by atoms with Crippen LogP contribution in [0, 0.1) is 0 Å². The largest absolute Gasteiger partial charge is 0.481 e. The standard InChI is InChI=1S/C15H31BO4/c1-2-3-4-8-11-14(16(19)20)12-9-6-5-7-10-13-15(17)18/h14,19-20H,2-13H2,1H3,(H,17,18). The van der Waals surface area contributed by atoms with Crippen molar-refractivity contribution in [3.63, 3.8) is 0 Å². The summed E-state index contributed by atoms with van der Waals surface area (Å²) in [6, 6.07) is 0. The van der Waals surface area contributed by atoms with Gasteiger partial charge in [0.25, 0.3) is 0 Å². The van der Waals surface area contributed by atoms with Gasteiger partial charge in [-0.1, -0.05) is 71.1 Å². The molecule has 0 rings (SSSR count). The molecule has 4 nitrogen and oxygen atoms in total. The van der Waals surface area contributed by atoms with Gasteiger partial charge in [0.05, 0.1) is 0 Å². The summed E-state index contributed by atoms with van der Waals surface area (Å²) in [7, 11) is -1.19. The van der Waals surface area contributed by atoms with Gasteiger partial charge in [0.1, 0.15) is 0 Å². The van der Waals surface area contributed by atoms with Crippen LogP contribution in [0.4, 0.5) is 0 Å². The van der Waals surface area contributed by atoms with Gasteiger partial charge >= 0.3 is 13.1 Å². The predicted octanol–water partition coefficient (Wildman–Crippen LogP) is 3.62. The molecule has 118 valence electrons. The molecule has 0 aliphatic heterocycles. The molecule has 0 aromatic heterocycles. The van der Waals surface area contributed by atoms with Crippen molar-refractivity contribution in [2.75, 3.05) is 0 Å². The second-order valence-corrected chi connectivity index (χ2v) is 5.72. The molecule has 1 unspecified atom stereocenters. The summed E-state index contributed by atoms with van der Waals surface area (Å²) >= 11 is 0. The summed E-state index contributed by atoms with van der Waals surface area (Å²) in [6.45, 7) is 2.17. The third-order valence-electron chi connectivity index (χ3n) is 3.82. The molecule has 0 amide bonds. The Hall–Kier alpha value is -0.545. The van der Waals surface area contributed by atoms with Gasteiger partial charge in [0.2, 0.25) is 0 Å². The number of aliphatic carboxylic acids is 1. The lowest BCUT2D eigenvalue weighted by molar-refractivity contribution is -0.137. The maximum Gasteiger partial charge on any atom is 0.454 e. The third kappa shape index (κ3) is 12.5. The second kappa shape index (κ2) is 13.4. The summed E-state index contributed by atoms with van der Waals surface area (Å²) in [6.07, 6.45) is 11.5. The highest BCUT2D eigenvalue weighted by atomic mass is 16.4. The maximum absolute atomic E-state index is 10.3. The highest BCUT2D eigenvalue weighted by Gasteiger charge is 2.21. The quantitative estimate of drug-likeness (QED) is 0.337. The first-order valence-corrected chi connectivity index (χ1v) is 8.15. The molecule has 0 fully saturated rings. The van der Waals surface area contributed by atoms with Crippen LogP contribution in [-0.2, 0) is 4.79 Å². The molecule has 0 saturated heterocycles. The van der Waals surface area contributed by atoms with Crippen LogP contribution in [0.5, 0.6) is 0 Å². The van der Waals surface area contributed by atoms with Gasteiger partial charge in [-0.15, -0.1) is 0 Å². The fourth-order valence-corrected chi connectivity index (χ4v) is 2.49. The summed E-state index contributed by atoms with van der Waals surface area (Å²) < 4.78 is 0. The van der Waals surface area contributed by atoms with E-state index >= 15 is 0 Å². The fraction of sp³-hybridized carbons (Fsp3) is 0.933. The first kappa shape index (κ1) is 19.5. The molecule has 0 radical (unpaired) electrons. The van der Waals surface area contributed by atoms with Gasteiger partial charge in [0.15, 0.2) is 0 Å². The van der Waals surface area contributed by atoms with E-state index in [9.17, 15) is 14.8 Å². The lowest BCUT2D eigenvalue weighted by atomic mass is 9.67. The van der Waals surface area contributed by atoms with Crippen LogP contribution in [0.1, 0.15) is 84.0 Å². The molecular formula is C15H31BO4. The molecule has 0 aromatic carbocycles. The minimum Gasteiger partial charge on any atom is -0.481 e. The number of carboxylic acid groups (broad SMARTS) is 1. The van der Waals surface area contributed by atoms with Crippen molar-refractivity contribution < 1.29 is 19.9 Å². The highest BCUT2D eigenvalue weighted by molar-refractivity contribution is 6.43. The number of hydrogen-bond donors (Lipinski definition) is 3. The van der Waals surface area contributed by atoms with E-state index in [1.807, 2.05) is 0 Å². The van der Waals surface area contributed by atoms with Crippen molar-refractivity contribution >= 4 is 13.1 Å². The van der Waals surface area contributed by atoms with Gasteiger partial charge in [0, 0.05) is 6.42 Å². The minimum atomic E-state index is -1.19.